The van der Waals surface area contributed by atoms with Gasteiger partial charge < -0.3 is 5.32 Å². The third-order valence-corrected chi connectivity index (χ3v) is 5.03. The number of benzene rings is 1. The Kier molecular flexibility index (Phi) is 5.88. The van der Waals surface area contributed by atoms with Crippen molar-refractivity contribution in [1.29, 1.82) is 0 Å². The van der Waals surface area contributed by atoms with Crippen molar-refractivity contribution >= 4 is 5.91 Å². The highest BCUT2D eigenvalue weighted by Gasteiger charge is 2.16. The second-order valence-electron chi connectivity index (χ2n) is 7.45. The Morgan fingerprint density at radius 1 is 1.16 bits per heavy atom. The Hall–Kier alpha value is -3.81. The van der Waals surface area contributed by atoms with Crippen molar-refractivity contribution in [3.8, 4) is 11.3 Å². The fourth-order valence-corrected chi connectivity index (χ4v) is 3.38. The zero-order valence-electron chi connectivity index (χ0n) is 17.4. The lowest BCUT2D eigenvalue weighted by Crippen LogP contribution is -2.30. The van der Waals surface area contributed by atoms with Crippen LogP contribution in [0.4, 0.5) is 4.39 Å². The van der Waals surface area contributed by atoms with Crippen molar-refractivity contribution in [1.82, 2.24) is 29.9 Å². The number of halogens is 1. The summed E-state index contributed by atoms with van der Waals surface area (Å²) in [6, 6.07) is 11.9. The van der Waals surface area contributed by atoms with Gasteiger partial charge in [-0.3, -0.25) is 19.1 Å². The highest BCUT2D eigenvalue weighted by atomic mass is 19.1. The maximum atomic E-state index is 13.3. The number of carbonyl (C=O) groups is 1. The predicted octanol–water partition coefficient (Wildman–Crippen LogP) is 3.29. The number of nitrogens with zero attached hydrogens (tertiary/aromatic N) is 5. The molecule has 3 aromatic heterocycles. The third-order valence-electron chi connectivity index (χ3n) is 5.03. The summed E-state index contributed by atoms with van der Waals surface area (Å²) in [5.41, 5.74) is 4.40. The number of pyridine rings is 1. The summed E-state index contributed by atoms with van der Waals surface area (Å²) in [4.78, 5) is 16.8. The number of aryl methyl sites for hydroxylation is 1. The van der Waals surface area contributed by atoms with E-state index in [4.69, 9.17) is 0 Å². The SMILES string of the molecule is CC(NC(=O)Cn1nc(-c2ccncc2)cc1Cc1ccc(F)cc1)c1cnn(C)c1. The van der Waals surface area contributed by atoms with Crippen molar-refractivity contribution in [2.45, 2.75) is 25.9 Å². The average Bonchev–Trinajstić information content (AvgIpc) is 3.37. The lowest BCUT2D eigenvalue weighted by molar-refractivity contribution is -0.122. The van der Waals surface area contributed by atoms with Gasteiger partial charge in [-0.2, -0.15) is 10.2 Å². The van der Waals surface area contributed by atoms with E-state index in [0.717, 1.165) is 28.1 Å². The molecule has 0 aliphatic carbocycles. The summed E-state index contributed by atoms with van der Waals surface area (Å²) in [6.45, 7) is 1.99. The van der Waals surface area contributed by atoms with Gasteiger partial charge in [0.05, 0.1) is 17.9 Å². The quantitative estimate of drug-likeness (QED) is 0.500. The van der Waals surface area contributed by atoms with Crippen LogP contribution in [0, 0.1) is 5.82 Å². The molecule has 1 aromatic carbocycles. The second-order valence-corrected chi connectivity index (χ2v) is 7.45. The molecule has 31 heavy (non-hydrogen) atoms. The topological polar surface area (TPSA) is 77.6 Å². The summed E-state index contributed by atoms with van der Waals surface area (Å²) < 4.78 is 16.7. The summed E-state index contributed by atoms with van der Waals surface area (Å²) >= 11 is 0. The van der Waals surface area contributed by atoms with Gasteiger partial charge in [0.25, 0.3) is 0 Å². The van der Waals surface area contributed by atoms with E-state index in [9.17, 15) is 9.18 Å². The van der Waals surface area contributed by atoms with Crippen LogP contribution in [0.3, 0.4) is 0 Å². The molecule has 0 spiro atoms. The van der Waals surface area contributed by atoms with Crippen LogP contribution in [0.15, 0.2) is 67.3 Å². The smallest absolute Gasteiger partial charge is 0.242 e. The number of amides is 1. The van der Waals surface area contributed by atoms with Gasteiger partial charge in [-0.05, 0) is 42.8 Å². The monoisotopic (exact) mass is 418 g/mol. The molecule has 158 valence electrons. The van der Waals surface area contributed by atoms with E-state index >= 15 is 0 Å². The molecule has 0 fully saturated rings. The molecule has 0 bridgehead atoms. The van der Waals surface area contributed by atoms with Crippen LogP contribution in [0.5, 0.6) is 0 Å². The molecule has 0 saturated carbocycles. The molecule has 0 radical (unpaired) electrons. The van der Waals surface area contributed by atoms with Crippen LogP contribution in [-0.4, -0.2) is 30.5 Å². The Labute approximate surface area is 179 Å². The second kappa shape index (κ2) is 8.91. The molecule has 3 heterocycles. The molecule has 4 rings (SSSR count). The predicted molar refractivity (Wildman–Crippen MR) is 114 cm³/mol. The van der Waals surface area contributed by atoms with Gasteiger partial charge in [0.2, 0.25) is 5.91 Å². The lowest BCUT2D eigenvalue weighted by Gasteiger charge is -2.13. The van der Waals surface area contributed by atoms with E-state index in [-0.39, 0.29) is 24.3 Å². The van der Waals surface area contributed by atoms with Crippen LogP contribution in [0.2, 0.25) is 0 Å². The summed E-state index contributed by atoms with van der Waals surface area (Å²) in [7, 11) is 1.84. The number of aromatic nitrogens is 5. The summed E-state index contributed by atoms with van der Waals surface area (Å²) in [5.74, 6) is -0.431. The van der Waals surface area contributed by atoms with E-state index in [1.165, 1.54) is 12.1 Å². The first-order valence-corrected chi connectivity index (χ1v) is 9.97. The first kappa shape index (κ1) is 20.5. The first-order chi connectivity index (χ1) is 15.0. The number of hydrogen-bond donors (Lipinski definition) is 1. The number of rotatable bonds is 7. The Morgan fingerprint density at radius 3 is 2.58 bits per heavy atom. The minimum absolute atomic E-state index is 0.0756. The molecule has 7 nitrogen and oxygen atoms in total. The van der Waals surface area contributed by atoms with Gasteiger partial charge in [-0.25, -0.2) is 4.39 Å². The summed E-state index contributed by atoms with van der Waals surface area (Å²) in [6.07, 6.45) is 7.55. The Bertz CT molecular complexity index is 1170. The van der Waals surface area contributed by atoms with Gasteiger partial charge in [-0.15, -0.1) is 0 Å². The molecular weight excluding hydrogens is 395 g/mol. The fourth-order valence-electron chi connectivity index (χ4n) is 3.38. The zero-order valence-corrected chi connectivity index (χ0v) is 17.4. The zero-order chi connectivity index (χ0) is 21.8. The third kappa shape index (κ3) is 5.03. The van der Waals surface area contributed by atoms with Gasteiger partial charge >= 0.3 is 0 Å². The number of nitrogens with one attached hydrogen (secondary N) is 1. The number of hydrogen-bond acceptors (Lipinski definition) is 4. The van der Waals surface area contributed by atoms with Gasteiger partial charge in [-0.1, -0.05) is 12.1 Å². The van der Waals surface area contributed by atoms with Gasteiger partial charge in [0.15, 0.2) is 0 Å². The molecule has 1 N–H and O–H groups in total. The molecule has 1 atom stereocenters. The van der Waals surface area contributed by atoms with Crippen LogP contribution in [0.25, 0.3) is 11.3 Å². The maximum absolute atomic E-state index is 13.3. The standard InChI is InChI=1S/C23H23FN6O/c1-16(19-13-26-29(2)14-19)27-23(31)15-30-21(11-17-3-5-20(24)6-4-17)12-22(28-30)18-7-9-25-10-8-18/h3-10,12-14,16H,11,15H2,1-2H3,(H,27,31). The molecular formula is C23H23FN6O. The van der Waals surface area contributed by atoms with E-state index in [1.807, 2.05) is 38.4 Å². The molecule has 4 aromatic rings. The highest BCUT2D eigenvalue weighted by Crippen LogP contribution is 2.21. The highest BCUT2D eigenvalue weighted by molar-refractivity contribution is 5.76. The largest absolute Gasteiger partial charge is 0.348 e. The van der Waals surface area contributed by atoms with Crippen LogP contribution in [-0.2, 0) is 24.8 Å². The van der Waals surface area contributed by atoms with Gasteiger partial charge in [0, 0.05) is 48.9 Å². The minimum atomic E-state index is -0.279. The normalized spacial score (nSPS) is 12.0. The van der Waals surface area contributed by atoms with Crippen molar-refractivity contribution in [2.75, 3.05) is 0 Å². The first-order valence-electron chi connectivity index (χ1n) is 9.97. The fraction of sp³-hybridized carbons (Fsp3) is 0.217. The van der Waals surface area contributed by atoms with Crippen molar-refractivity contribution in [3.63, 3.8) is 0 Å². The van der Waals surface area contributed by atoms with E-state index < -0.39 is 0 Å². The number of carbonyl (C=O) groups excluding carboxylic acids is 1. The van der Waals surface area contributed by atoms with Crippen LogP contribution < -0.4 is 5.32 Å². The molecule has 8 heteroatoms. The maximum Gasteiger partial charge on any atom is 0.242 e. The average molecular weight is 418 g/mol. The molecule has 1 amide bonds. The van der Waals surface area contributed by atoms with E-state index in [0.29, 0.717) is 6.42 Å². The molecule has 0 aliphatic rings. The van der Waals surface area contributed by atoms with Crippen molar-refractivity contribution < 1.29 is 9.18 Å². The molecule has 0 aliphatic heterocycles. The Morgan fingerprint density at radius 2 is 1.90 bits per heavy atom. The minimum Gasteiger partial charge on any atom is -0.348 e. The lowest BCUT2D eigenvalue weighted by atomic mass is 10.1. The van der Waals surface area contributed by atoms with Crippen LogP contribution in [0.1, 0.15) is 29.8 Å². The molecule has 1 unspecified atom stereocenters. The van der Waals surface area contributed by atoms with Crippen molar-refractivity contribution in [3.05, 3.63) is 89.9 Å². The van der Waals surface area contributed by atoms with Crippen molar-refractivity contribution in [2.24, 2.45) is 7.05 Å². The van der Waals surface area contributed by atoms with Crippen LogP contribution >= 0.6 is 0 Å². The molecule has 0 saturated heterocycles. The Balaban J connectivity index is 1.56. The van der Waals surface area contributed by atoms with E-state index in [1.54, 1.807) is 40.1 Å². The van der Waals surface area contributed by atoms with Gasteiger partial charge in [0.1, 0.15) is 12.4 Å². The van der Waals surface area contributed by atoms with E-state index in [2.05, 4.69) is 20.5 Å². The summed E-state index contributed by atoms with van der Waals surface area (Å²) in [5, 5.41) is 11.8.